The molecule has 1 heterocycles. The van der Waals surface area contributed by atoms with Crippen LogP contribution in [-0.4, -0.2) is 50.1 Å². The SMILES string of the molecule is C=C(C)C(C(=O)OCc1ccc([N+](=O)[O-])cc1)N1C(=O)C(NC=O)C1[S+]([O-])Cl. The highest BCUT2D eigenvalue weighted by atomic mass is 35.7. The molecule has 150 valence electrons. The smallest absolute Gasteiger partial charge is 0.333 e. The van der Waals surface area contributed by atoms with Crippen molar-refractivity contribution in [2.45, 2.75) is 31.0 Å². The number of hydrogen-bond donors (Lipinski definition) is 1. The van der Waals surface area contributed by atoms with Crippen LogP contribution in [0.1, 0.15) is 12.5 Å². The molecule has 0 aromatic heterocycles. The molecule has 1 fully saturated rings. The lowest BCUT2D eigenvalue weighted by molar-refractivity contribution is -0.384. The van der Waals surface area contributed by atoms with Crippen molar-refractivity contribution < 1.29 is 28.6 Å². The van der Waals surface area contributed by atoms with E-state index in [-0.39, 0.29) is 24.3 Å². The van der Waals surface area contributed by atoms with Crippen molar-refractivity contribution in [3.8, 4) is 0 Å². The number of likely N-dealkylation sites (tertiary alicyclic amines) is 1. The van der Waals surface area contributed by atoms with Crippen LogP contribution in [0.15, 0.2) is 36.4 Å². The lowest BCUT2D eigenvalue weighted by Gasteiger charge is -2.46. The van der Waals surface area contributed by atoms with Gasteiger partial charge in [0.1, 0.15) is 6.61 Å². The van der Waals surface area contributed by atoms with Gasteiger partial charge in [-0.25, -0.2) is 4.79 Å². The molecule has 10 nitrogen and oxygen atoms in total. The van der Waals surface area contributed by atoms with Crippen molar-refractivity contribution in [3.63, 3.8) is 0 Å². The van der Waals surface area contributed by atoms with E-state index in [1.165, 1.54) is 31.2 Å². The Morgan fingerprint density at radius 3 is 2.57 bits per heavy atom. The first-order valence-corrected chi connectivity index (χ1v) is 9.87. The van der Waals surface area contributed by atoms with Crippen LogP contribution in [0.5, 0.6) is 0 Å². The fraction of sp³-hybridized carbons (Fsp3) is 0.312. The molecule has 4 unspecified atom stereocenters. The molecule has 0 aliphatic carbocycles. The summed E-state index contributed by atoms with van der Waals surface area (Å²) >= 11 is 0. The first-order chi connectivity index (χ1) is 13.2. The Labute approximate surface area is 167 Å². The maximum Gasteiger partial charge on any atom is 0.333 e. The summed E-state index contributed by atoms with van der Waals surface area (Å²) in [5.74, 6) is -1.48. The van der Waals surface area contributed by atoms with Gasteiger partial charge in [0.05, 0.1) is 15.3 Å². The average Bonchev–Trinajstić information content (AvgIpc) is 2.64. The maximum absolute atomic E-state index is 12.5. The van der Waals surface area contributed by atoms with E-state index in [9.17, 15) is 29.1 Å². The summed E-state index contributed by atoms with van der Waals surface area (Å²) in [6.45, 7) is 4.95. The highest BCUT2D eigenvalue weighted by Gasteiger charge is 2.59. The number of benzene rings is 1. The van der Waals surface area contributed by atoms with Crippen LogP contribution in [-0.2, 0) is 36.1 Å². The van der Waals surface area contributed by atoms with Gasteiger partial charge < -0.3 is 14.6 Å². The van der Waals surface area contributed by atoms with Gasteiger partial charge in [-0.2, -0.15) is 0 Å². The third-order valence-corrected chi connectivity index (χ3v) is 5.44. The van der Waals surface area contributed by atoms with Crippen molar-refractivity contribution in [1.82, 2.24) is 10.2 Å². The quantitative estimate of drug-likeness (QED) is 0.116. The monoisotopic (exact) mass is 429 g/mol. The van der Waals surface area contributed by atoms with Crippen molar-refractivity contribution >= 4 is 45.0 Å². The van der Waals surface area contributed by atoms with Crippen LogP contribution >= 0.6 is 10.7 Å². The molecule has 1 aromatic carbocycles. The molecule has 2 amide bonds. The van der Waals surface area contributed by atoms with Gasteiger partial charge in [-0.05, 0) is 30.2 Å². The number of β-lactam (4-membered cyclic amide) rings is 1. The first kappa shape index (κ1) is 21.7. The third-order valence-electron chi connectivity index (χ3n) is 4.01. The number of ether oxygens (including phenoxy) is 1. The lowest BCUT2D eigenvalue weighted by atomic mass is 9.99. The van der Waals surface area contributed by atoms with Gasteiger partial charge >= 0.3 is 5.97 Å². The molecule has 1 saturated heterocycles. The second-order valence-corrected chi connectivity index (χ2v) is 7.82. The molecule has 28 heavy (non-hydrogen) atoms. The van der Waals surface area contributed by atoms with Crippen LogP contribution in [0.4, 0.5) is 5.69 Å². The van der Waals surface area contributed by atoms with Crippen LogP contribution in [0, 0.1) is 10.1 Å². The highest BCUT2D eigenvalue weighted by molar-refractivity contribution is 8.14. The number of nitro groups is 1. The van der Waals surface area contributed by atoms with Gasteiger partial charge in [0.25, 0.3) is 11.6 Å². The third kappa shape index (κ3) is 4.43. The Bertz CT molecular complexity index is 802. The van der Waals surface area contributed by atoms with Gasteiger partial charge in [-0.3, -0.25) is 24.6 Å². The first-order valence-electron chi connectivity index (χ1n) is 7.83. The van der Waals surface area contributed by atoms with Crippen molar-refractivity contribution in [1.29, 1.82) is 0 Å². The molecular weight excluding hydrogens is 414 g/mol. The Kier molecular flexibility index (Phi) is 7.00. The summed E-state index contributed by atoms with van der Waals surface area (Å²) in [4.78, 5) is 46.5. The molecule has 0 bridgehead atoms. The highest BCUT2D eigenvalue weighted by Crippen LogP contribution is 2.32. The Hall–Kier alpha value is -2.63. The number of hydrogen-bond acceptors (Lipinski definition) is 7. The molecule has 1 aliphatic rings. The molecular formula is C16H16ClN3O7S. The minimum absolute atomic E-state index is 0.109. The number of nitrogens with zero attached hydrogens (tertiary/aromatic N) is 2. The molecule has 1 aliphatic heterocycles. The van der Waals surface area contributed by atoms with Gasteiger partial charge in [0.15, 0.2) is 22.8 Å². The molecule has 4 atom stereocenters. The number of non-ortho nitro benzene ring substituents is 1. The summed E-state index contributed by atoms with van der Waals surface area (Å²) in [5, 5.41) is 11.8. The van der Waals surface area contributed by atoms with E-state index in [1.54, 1.807) is 0 Å². The molecule has 12 heteroatoms. The van der Waals surface area contributed by atoms with E-state index >= 15 is 0 Å². The van der Waals surface area contributed by atoms with Gasteiger partial charge in [-0.1, -0.05) is 6.58 Å². The summed E-state index contributed by atoms with van der Waals surface area (Å²) in [5.41, 5.74) is 0.633. The molecule has 0 saturated carbocycles. The molecule has 0 spiro atoms. The summed E-state index contributed by atoms with van der Waals surface area (Å²) in [7, 11) is 3.56. The number of halogens is 1. The van der Waals surface area contributed by atoms with Crippen LogP contribution in [0.2, 0.25) is 0 Å². The van der Waals surface area contributed by atoms with E-state index in [1.807, 2.05) is 0 Å². The fourth-order valence-electron chi connectivity index (χ4n) is 2.68. The number of amides is 2. The van der Waals surface area contributed by atoms with Crippen LogP contribution in [0.3, 0.4) is 0 Å². The lowest BCUT2D eigenvalue weighted by Crippen LogP contribution is -2.75. The van der Waals surface area contributed by atoms with E-state index in [0.717, 1.165) is 4.90 Å². The number of rotatable bonds is 9. The Balaban J connectivity index is 2.11. The zero-order chi connectivity index (χ0) is 21.0. The maximum atomic E-state index is 12.5. The number of carbonyl (C=O) groups excluding carboxylic acids is 3. The van der Waals surface area contributed by atoms with Crippen molar-refractivity contribution in [2.24, 2.45) is 0 Å². The normalized spacial score (nSPS) is 20.5. The van der Waals surface area contributed by atoms with E-state index in [0.29, 0.717) is 5.56 Å². The fourth-order valence-corrected chi connectivity index (χ4v) is 4.06. The molecule has 2 rings (SSSR count). The Morgan fingerprint density at radius 1 is 1.50 bits per heavy atom. The van der Waals surface area contributed by atoms with E-state index in [4.69, 9.17) is 15.4 Å². The van der Waals surface area contributed by atoms with Crippen LogP contribution in [0.25, 0.3) is 0 Å². The summed E-state index contributed by atoms with van der Waals surface area (Å²) < 4.78 is 17.0. The molecule has 1 aromatic rings. The minimum Gasteiger partial charge on any atom is -0.597 e. The van der Waals surface area contributed by atoms with E-state index in [2.05, 4.69) is 11.9 Å². The second kappa shape index (κ2) is 9.04. The second-order valence-electron chi connectivity index (χ2n) is 5.93. The van der Waals surface area contributed by atoms with Crippen molar-refractivity contribution in [2.75, 3.05) is 0 Å². The number of esters is 1. The summed E-state index contributed by atoms with van der Waals surface area (Å²) in [6, 6.07) is 3.03. The van der Waals surface area contributed by atoms with E-state index < -0.39 is 44.6 Å². The Morgan fingerprint density at radius 2 is 2.11 bits per heavy atom. The minimum atomic E-state index is -2.06. The standard InChI is InChI=1S/C16H16ClN3O7S/c1-9(2)13(19-14(22)12(18-8-21)15(19)28(17)26)16(23)27-7-10-3-5-11(6-4-10)20(24)25/h3-6,8,12-13,15H,1,7H2,2H3,(H,18,21). The van der Waals surface area contributed by atoms with Gasteiger partial charge in [-0.15, -0.1) is 0 Å². The van der Waals surface area contributed by atoms with Gasteiger partial charge in [0, 0.05) is 12.1 Å². The topological polar surface area (TPSA) is 142 Å². The number of nitro benzene ring substituents is 1. The predicted molar refractivity (Wildman–Crippen MR) is 99.1 cm³/mol. The average molecular weight is 430 g/mol. The number of nitrogens with one attached hydrogen (secondary N) is 1. The van der Waals surface area contributed by atoms with Crippen LogP contribution < -0.4 is 5.32 Å². The van der Waals surface area contributed by atoms with Crippen molar-refractivity contribution in [3.05, 3.63) is 52.1 Å². The van der Waals surface area contributed by atoms with Gasteiger partial charge in [0.2, 0.25) is 11.8 Å². The zero-order valence-corrected chi connectivity index (χ0v) is 16.1. The predicted octanol–water partition coefficient (Wildman–Crippen LogP) is 0.768. The zero-order valence-electron chi connectivity index (χ0n) is 14.6. The molecule has 0 radical (unpaired) electrons. The number of carbonyl (C=O) groups is 3. The summed E-state index contributed by atoms with van der Waals surface area (Å²) in [6.07, 6.45) is 0.277. The molecule has 1 N–H and O–H groups in total. The largest absolute Gasteiger partial charge is 0.597 e.